The smallest absolute Gasteiger partial charge is 0.255 e. The molecule has 1 heterocycles. The third-order valence-corrected chi connectivity index (χ3v) is 3.74. The first-order valence-corrected chi connectivity index (χ1v) is 7.11. The van der Waals surface area contributed by atoms with Crippen molar-refractivity contribution >= 4 is 34.0 Å². The van der Waals surface area contributed by atoms with Gasteiger partial charge in [-0.3, -0.25) is 9.59 Å². The molecule has 0 bridgehead atoms. The van der Waals surface area contributed by atoms with Crippen LogP contribution in [0.15, 0.2) is 53.5 Å². The highest BCUT2D eigenvalue weighted by atomic mass is 35.5. The molecule has 110 valence electrons. The van der Waals surface area contributed by atoms with Gasteiger partial charge in [-0.05, 0) is 42.6 Å². The Bertz CT molecular complexity index is 914. The number of benzene rings is 2. The molecule has 3 rings (SSSR count). The lowest BCUT2D eigenvalue weighted by atomic mass is 10.1. The molecule has 0 radical (unpaired) electrons. The average Bonchev–Trinajstić information content (AvgIpc) is 2.50. The molecule has 2 N–H and O–H groups in total. The molecule has 22 heavy (non-hydrogen) atoms. The lowest BCUT2D eigenvalue weighted by molar-refractivity contribution is 0.102. The number of aromatic amines is 1. The van der Waals surface area contributed by atoms with Crippen molar-refractivity contribution in [3.8, 4) is 0 Å². The van der Waals surface area contributed by atoms with Crippen molar-refractivity contribution in [1.29, 1.82) is 0 Å². The number of carbonyl (C=O) groups is 1. The molecule has 3 aromatic rings. The molecule has 0 spiro atoms. The first-order chi connectivity index (χ1) is 10.5. The van der Waals surface area contributed by atoms with Gasteiger partial charge in [0.25, 0.3) is 11.5 Å². The number of hydrogen-bond acceptors (Lipinski definition) is 2. The number of fused-ring (bicyclic) bond motifs is 1. The minimum absolute atomic E-state index is 0.212. The molecular formula is C17H13ClN2O2. The summed E-state index contributed by atoms with van der Waals surface area (Å²) in [4.78, 5) is 26.6. The van der Waals surface area contributed by atoms with E-state index in [-0.39, 0.29) is 11.5 Å². The molecule has 0 unspecified atom stereocenters. The van der Waals surface area contributed by atoms with E-state index in [0.717, 1.165) is 5.56 Å². The number of H-pyrrole nitrogens is 1. The van der Waals surface area contributed by atoms with Gasteiger partial charge in [-0.15, -0.1) is 0 Å². The van der Waals surface area contributed by atoms with E-state index < -0.39 is 0 Å². The summed E-state index contributed by atoms with van der Waals surface area (Å²) in [5, 5.41) is 4.30. The van der Waals surface area contributed by atoms with E-state index in [2.05, 4.69) is 10.3 Å². The highest BCUT2D eigenvalue weighted by Crippen LogP contribution is 2.26. The predicted molar refractivity (Wildman–Crippen MR) is 88.7 cm³/mol. The molecule has 0 saturated carbocycles. The molecule has 2 aromatic carbocycles. The van der Waals surface area contributed by atoms with Crippen LogP contribution in [0.3, 0.4) is 0 Å². The normalized spacial score (nSPS) is 10.6. The van der Waals surface area contributed by atoms with E-state index in [0.29, 0.717) is 27.0 Å². The molecule has 4 nitrogen and oxygen atoms in total. The highest BCUT2D eigenvalue weighted by Gasteiger charge is 2.10. The van der Waals surface area contributed by atoms with E-state index in [9.17, 15) is 9.59 Å². The van der Waals surface area contributed by atoms with Gasteiger partial charge in [-0.2, -0.15) is 0 Å². The third-order valence-electron chi connectivity index (χ3n) is 3.42. The number of carbonyl (C=O) groups excluding carboxylic acids is 1. The molecule has 1 amide bonds. The van der Waals surface area contributed by atoms with Gasteiger partial charge in [0.05, 0.1) is 10.7 Å². The summed E-state index contributed by atoms with van der Waals surface area (Å²) < 4.78 is 0. The summed E-state index contributed by atoms with van der Waals surface area (Å²) in [6, 6.07) is 12.3. The molecule has 0 aliphatic rings. The van der Waals surface area contributed by atoms with Crippen LogP contribution < -0.4 is 10.9 Å². The molecule has 0 aliphatic carbocycles. The number of anilines is 1. The summed E-state index contributed by atoms with van der Waals surface area (Å²) in [6.07, 6.45) is 1.56. The van der Waals surface area contributed by atoms with Crippen LogP contribution in [-0.4, -0.2) is 10.9 Å². The number of aryl methyl sites for hydroxylation is 1. The first kappa shape index (κ1) is 14.4. The van der Waals surface area contributed by atoms with Crippen molar-refractivity contribution in [3.63, 3.8) is 0 Å². The lowest BCUT2D eigenvalue weighted by Crippen LogP contribution is -2.12. The number of nitrogens with one attached hydrogen (secondary N) is 2. The summed E-state index contributed by atoms with van der Waals surface area (Å²) >= 11 is 6.16. The second-order valence-electron chi connectivity index (χ2n) is 5.05. The van der Waals surface area contributed by atoms with E-state index in [4.69, 9.17) is 11.6 Å². The topological polar surface area (TPSA) is 62.0 Å². The molecular weight excluding hydrogens is 300 g/mol. The monoisotopic (exact) mass is 312 g/mol. The van der Waals surface area contributed by atoms with Crippen molar-refractivity contribution < 1.29 is 4.79 Å². The van der Waals surface area contributed by atoms with E-state index in [1.165, 1.54) is 0 Å². The Morgan fingerprint density at radius 1 is 1.14 bits per heavy atom. The molecule has 0 aliphatic heterocycles. The fourth-order valence-electron chi connectivity index (χ4n) is 2.20. The van der Waals surface area contributed by atoms with Gasteiger partial charge in [-0.25, -0.2) is 0 Å². The van der Waals surface area contributed by atoms with Crippen molar-refractivity contribution in [2.24, 2.45) is 0 Å². The van der Waals surface area contributed by atoms with Crippen LogP contribution >= 0.6 is 11.6 Å². The Balaban J connectivity index is 1.97. The highest BCUT2D eigenvalue weighted by molar-refractivity contribution is 6.34. The Morgan fingerprint density at radius 2 is 1.86 bits per heavy atom. The molecule has 0 saturated heterocycles. The average molecular weight is 313 g/mol. The quantitative estimate of drug-likeness (QED) is 0.757. The second-order valence-corrected chi connectivity index (χ2v) is 5.45. The van der Waals surface area contributed by atoms with E-state index in [1.807, 2.05) is 19.1 Å². The van der Waals surface area contributed by atoms with Crippen molar-refractivity contribution in [2.45, 2.75) is 6.92 Å². The van der Waals surface area contributed by atoms with Gasteiger partial charge in [0.1, 0.15) is 0 Å². The zero-order valence-corrected chi connectivity index (χ0v) is 12.6. The molecule has 5 heteroatoms. The van der Waals surface area contributed by atoms with Gasteiger partial charge >= 0.3 is 0 Å². The van der Waals surface area contributed by atoms with Crippen molar-refractivity contribution in [2.75, 3.05) is 5.32 Å². The van der Waals surface area contributed by atoms with E-state index in [1.54, 1.807) is 36.5 Å². The summed E-state index contributed by atoms with van der Waals surface area (Å²) in [5.74, 6) is -0.244. The minimum Gasteiger partial charge on any atom is -0.329 e. The zero-order chi connectivity index (χ0) is 15.7. The van der Waals surface area contributed by atoms with Crippen molar-refractivity contribution in [3.05, 3.63) is 75.2 Å². The number of hydrogen-bond donors (Lipinski definition) is 2. The van der Waals surface area contributed by atoms with Gasteiger partial charge < -0.3 is 10.3 Å². The van der Waals surface area contributed by atoms with Gasteiger partial charge in [0.15, 0.2) is 0 Å². The number of rotatable bonds is 2. The number of pyridine rings is 1. The summed E-state index contributed by atoms with van der Waals surface area (Å²) in [6.45, 7) is 1.96. The van der Waals surface area contributed by atoms with Crippen LogP contribution in [0.1, 0.15) is 15.9 Å². The maximum Gasteiger partial charge on any atom is 0.255 e. The predicted octanol–water partition coefficient (Wildman–Crippen LogP) is 3.74. The fourth-order valence-corrected chi connectivity index (χ4v) is 2.42. The zero-order valence-electron chi connectivity index (χ0n) is 11.8. The Morgan fingerprint density at radius 3 is 2.59 bits per heavy atom. The number of halogens is 1. The molecule has 0 atom stereocenters. The van der Waals surface area contributed by atoms with Crippen molar-refractivity contribution in [1.82, 2.24) is 4.98 Å². The van der Waals surface area contributed by atoms with Gasteiger partial charge in [0, 0.05) is 17.1 Å². The maximum absolute atomic E-state index is 12.2. The molecule has 1 aromatic heterocycles. The van der Waals surface area contributed by atoms with Crippen LogP contribution in [0.4, 0.5) is 5.69 Å². The first-order valence-electron chi connectivity index (χ1n) is 6.73. The largest absolute Gasteiger partial charge is 0.329 e. The number of aromatic nitrogens is 1. The molecule has 0 fully saturated rings. The van der Waals surface area contributed by atoms with Crippen LogP contribution in [0, 0.1) is 6.92 Å². The number of amides is 1. The second kappa shape index (κ2) is 5.66. The Kier molecular flexibility index (Phi) is 3.69. The summed E-state index contributed by atoms with van der Waals surface area (Å²) in [5.41, 5.74) is 1.90. The SMILES string of the molecule is Cc1ccc(C(=O)Nc2cc3cc[nH]c(=O)c3cc2Cl)cc1. The lowest BCUT2D eigenvalue weighted by Gasteiger charge is -2.09. The minimum atomic E-state index is -0.244. The van der Waals surface area contributed by atoms with Crippen LogP contribution in [0.5, 0.6) is 0 Å². The third kappa shape index (κ3) is 2.73. The van der Waals surface area contributed by atoms with Gasteiger partial charge in [-0.1, -0.05) is 29.3 Å². The Hall–Kier alpha value is -2.59. The fraction of sp³-hybridized carbons (Fsp3) is 0.0588. The van der Waals surface area contributed by atoms with Gasteiger partial charge in [0.2, 0.25) is 0 Å². The van der Waals surface area contributed by atoms with Crippen LogP contribution in [0.25, 0.3) is 10.8 Å². The van der Waals surface area contributed by atoms with E-state index >= 15 is 0 Å². The van der Waals surface area contributed by atoms with Crippen LogP contribution in [0.2, 0.25) is 5.02 Å². The summed E-state index contributed by atoms with van der Waals surface area (Å²) in [7, 11) is 0. The maximum atomic E-state index is 12.2. The standard InChI is InChI=1S/C17H13ClN2O2/c1-10-2-4-11(5-3-10)16(21)20-15-8-12-6-7-19-17(22)13(12)9-14(15)18/h2-9H,1H3,(H,19,22)(H,20,21). The van der Waals surface area contributed by atoms with Crippen LogP contribution in [-0.2, 0) is 0 Å². The Labute approximate surface area is 131 Å².